The van der Waals surface area contributed by atoms with E-state index in [1.54, 1.807) is 49.7 Å². The van der Waals surface area contributed by atoms with Crippen LogP contribution >= 0.6 is 0 Å². The highest BCUT2D eigenvalue weighted by Gasteiger charge is 2.33. The van der Waals surface area contributed by atoms with Gasteiger partial charge in [-0.05, 0) is 19.4 Å². The Labute approximate surface area is 124 Å². The first-order valence-electron chi connectivity index (χ1n) is 6.49. The summed E-state index contributed by atoms with van der Waals surface area (Å²) in [6, 6.07) is 8.95. The van der Waals surface area contributed by atoms with E-state index in [2.05, 4.69) is 9.71 Å². The number of aliphatic hydroxyl groups is 1. The molecular formula is C14H19N3O3S. The third kappa shape index (κ3) is 3.15. The molecule has 21 heavy (non-hydrogen) atoms. The van der Waals surface area contributed by atoms with Crippen molar-refractivity contribution in [3.63, 3.8) is 0 Å². The Morgan fingerprint density at radius 1 is 1.33 bits per heavy atom. The van der Waals surface area contributed by atoms with Crippen LogP contribution in [-0.2, 0) is 22.6 Å². The molecule has 114 valence electrons. The summed E-state index contributed by atoms with van der Waals surface area (Å²) in [6.45, 7) is 3.00. The number of sulfonamides is 1. The normalized spacial score (nSPS) is 14.9. The zero-order valence-electron chi connectivity index (χ0n) is 12.2. The maximum absolute atomic E-state index is 12.4. The van der Waals surface area contributed by atoms with Crippen molar-refractivity contribution in [3.8, 4) is 0 Å². The van der Waals surface area contributed by atoms with Gasteiger partial charge in [0.25, 0.3) is 10.0 Å². The van der Waals surface area contributed by atoms with E-state index in [1.807, 2.05) is 6.07 Å². The predicted octanol–water partition coefficient (Wildman–Crippen LogP) is 0.915. The SMILES string of the molecule is Cc1nc(S(=O)(=O)NC(C)(CO)c2ccccc2)cn1C. The van der Waals surface area contributed by atoms with Crippen molar-refractivity contribution in [2.45, 2.75) is 24.4 Å². The predicted molar refractivity (Wildman–Crippen MR) is 79.1 cm³/mol. The van der Waals surface area contributed by atoms with Gasteiger partial charge < -0.3 is 9.67 Å². The van der Waals surface area contributed by atoms with Crippen LogP contribution in [0.15, 0.2) is 41.6 Å². The van der Waals surface area contributed by atoms with Gasteiger partial charge in [0, 0.05) is 13.2 Å². The van der Waals surface area contributed by atoms with Crippen LogP contribution in [0, 0.1) is 6.92 Å². The Kier molecular flexibility index (Phi) is 4.18. The summed E-state index contributed by atoms with van der Waals surface area (Å²) < 4.78 is 29.1. The van der Waals surface area contributed by atoms with Crippen molar-refractivity contribution in [3.05, 3.63) is 47.9 Å². The summed E-state index contributed by atoms with van der Waals surface area (Å²) in [5.74, 6) is 0.598. The van der Waals surface area contributed by atoms with E-state index < -0.39 is 15.6 Å². The number of hydrogen-bond acceptors (Lipinski definition) is 4. The van der Waals surface area contributed by atoms with Crippen molar-refractivity contribution in [1.82, 2.24) is 14.3 Å². The zero-order chi connectivity index (χ0) is 15.7. The second-order valence-corrected chi connectivity index (χ2v) is 6.83. The van der Waals surface area contributed by atoms with E-state index in [1.165, 1.54) is 6.20 Å². The number of aliphatic hydroxyl groups excluding tert-OH is 1. The minimum Gasteiger partial charge on any atom is -0.394 e. The van der Waals surface area contributed by atoms with Crippen molar-refractivity contribution in [2.75, 3.05) is 6.61 Å². The van der Waals surface area contributed by atoms with Gasteiger partial charge in [-0.2, -0.15) is 4.72 Å². The molecule has 0 saturated carbocycles. The number of hydrogen-bond donors (Lipinski definition) is 2. The van der Waals surface area contributed by atoms with Crippen LogP contribution in [0.5, 0.6) is 0 Å². The molecule has 0 fully saturated rings. The lowest BCUT2D eigenvalue weighted by Crippen LogP contribution is -2.46. The van der Waals surface area contributed by atoms with Crippen LogP contribution in [0.25, 0.3) is 0 Å². The molecule has 0 saturated heterocycles. The van der Waals surface area contributed by atoms with Crippen LogP contribution in [0.1, 0.15) is 18.3 Å². The largest absolute Gasteiger partial charge is 0.394 e. The van der Waals surface area contributed by atoms with Gasteiger partial charge in [-0.3, -0.25) is 0 Å². The number of rotatable bonds is 5. The van der Waals surface area contributed by atoms with Crippen LogP contribution in [0.3, 0.4) is 0 Å². The molecule has 0 spiro atoms. The topological polar surface area (TPSA) is 84.2 Å². The molecule has 1 atom stereocenters. The summed E-state index contributed by atoms with van der Waals surface area (Å²) in [7, 11) is -2.10. The standard InChI is InChI=1S/C14H19N3O3S/c1-11-15-13(9-17(11)3)21(19,20)16-14(2,10-18)12-7-5-4-6-8-12/h4-9,16,18H,10H2,1-3H3. The monoisotopic (exact) mass is 309 g/mol. The van der Waals surface area contributed by atoms with Crippen LogP contribution in [-0.4, -0.2) is 29.7 Å². The summed E-state index contributed by atoms with van der Waals surface area (Å²) in [6.07, 6.45) is 1.44. The first-order valence-corrected chi connectivity index (χ1v) is 7.97. The van der Waals surface area contributed by atoms with Gasteiger partial charge in [0.1, 0.15) is 5.82 Å². The van der Waals surface area contributed by atoms with Gasteiger partial charge in [-0.25, -0.2) is 13.4 Å². The molecule has 0 aliphatic heterocycles. The number of aryl methyl sites for hydroxylation is 2. The fourth-order valence-corrected chi connectivity index (χ4v) is 3.42. The second kappa shape index (κ2) is 5.59. The molecular weight excluding hydrogens is 290 g/mol. The van der Waals surface area contributed by atoms with Crippen LogP contribution < -0.4 is 4.72 Å². The molecule has 0 amide bonds. The van der Waals surface area contributed by atoms with Crippen LogP contribution in [0.2, 0.25) is 0 Å². The summed E-state index contributed by atoms with van der Waals surface area (Å²) >= 11 is 0. The maximum atomic E-state index is 12.4. The molecule has 2 rings (SSSR count). The number of nitrogens with one attached hydrogen (secondary N) is 1. The maximum Gasteiger partial charge on any atom is 0.260 e. The van der Waals surface area contributed by atoms with Crippen molar-refractivity contribution in [1.29, 1.82) is 0 Å². The fraction of sp³-hybridized carbons (Fsp3) is 0.357. The van der Waals surface area contributed by atoms with E-state index in [0.29, 0.717) is 11.4 Å². The lowest BCUT2D eigenvalue weighted by Gasteiger charge is -2.28. The summed E-state index contributed by atoms with van der Waals surface area (Å²) in [5.41, 5.74) is -0.422. The quantitative estimate of drug-likeness (QED) is 0.860. The molecule has 0 radical (unpaired) electrons. The van der Waals surface area contributed by atoms with Gasteiger partial charge in [0.05, 0.1) is 12.1 Å². The number of aromatic nitrogens is 2. The fourth-order valence-electron chi connectivity index (χ4n) is 1.99. The molecule has 1 heterocycles. The van der Waals surface area contributed by atoms with Gasteiger partial charge in [0.15, 0.2) is 5.03 Å². The minimum atomic E-state index is -3.82. The first kappa shape index (κ1) is 15.7. The van der Waals surface area contributed by atoms with E-state index in [9.17, 15) is 13.5 Å². The third-order valence-corrected chi connectivity index (χ3v) is 4.92. The summed E-state index contributed by atoms with van der Waals surface area (Å²) in [5, 5.41) is 9.60. The highest BCUT2D eigenvalue weighted by atomic mass is 32.2. The average Bonchev–Trinajstić information content (AvgIpc) is 2.80. The number of imidazole rings is 1. The molecule has 0 aliphatic carbocycles. The molecule has 6 nitrogen and oxygen atoms in total. The van der Waals surface area contributed by atoms with E-state index in [0.717, 1.165) is 0 Å². The van der Waals surface area contributed by atoms with Crippen LogP contribution in [0.4, 0.5) is 0 Å². The molecule has 0 aliphatic rings. The van der Waals surface area contributed by atoms with E-state index in [4.69, 9.17) is 0 Å². The van der Waals surface area contributed by atoms with Gasteiger partial charge >= 0.3 is 0 Å². The molecule has 2 N–H and O–H groups in total. The molecule has 1 aromatic heterocycles. The lowest BCUT2D eigenvalue weighted by molar-refractivity contribution is 0.196. The average molecular weight is 309 g/mol. The Bertz CT molecular complexity index is 706. The lowest BCUT2D eigenvalue weighted by atomic mass is 9.94. The highest BCUT2D eigenvalue weighted by molar-refractivity contribution is 7.89. The Hall–Kier alpha value is -1.70. The van der Waals surface area contributed by atoms with E-state index >= 15 is 0 Å². The zero-order valence-corrected chi connectivity index (χ0v) is 13.1. The minimum absolute atomic E-state index is 0.0573. The first-order chi connectivity index (χ1) is 9.78. The number of benzene rings is 1. The Morgan fingerprint density at radius 2 is 1.95 bits per heavy atom. The molecule has 0 bridgehead atoms. The Balaban J connectivity index is 2.38. The molecule has 1 aromatic carbocycles. The Morgan fingerprint density at radius 3 is 2.43 bits per heavy atom. The molecule has 1 unspecified atom stereocenters. The third-order valence-electron chi connectivity index (χ3n) is 3.45. The summed E-state index contributed by atoms with van der Waals surface area (Å²) in [4.78, 5) is 4.02. The van der Waals surface area contributed by atoms with Crippen molar-refractivity contribution < 1.29 is 13.5 Å². The van der Waals surface area contributed by atoms with Crippen molar-refractivity contribution >= 4 is 10.0 Å². The highest BCUT2D eigenvalue weighted by Crippen LogP contribution is 2.22. The molecule has 7 heteroatoms. The van der Waals surface area contributed by atoms with Gasteiger partial charge in [0.2, 0.25) is 0 Å². The second-order valence-electron chi connectivity index (χ2n) is 5.20. The van der Waals surface area contributed by atoms with E-state index in [-0.39, 0.29) is 11.6 Å². The number of nitrogens with zero attached hydrogens (tertiary/aromatic N) is 2. The van der Waals surface area contributed by atoms with Crippen molar-refractivity contribution in [2.24, 2.45) is 7.05 Å². The smallest absolute Gasteiger partial charge is 0.260 e. The molecule has 2 aromatic rings. The van der Waals surface area contributed by atoms with Gasteiger partial charge in [-0.15, -0.1) is 0 Å². The van der Waals surface area contributed by atoms with Gasteiger partial charge in [-0.1, -0.05) is 30.3 Å².